The number of hydrogen-bond acceptors (Lipinski definition) is 7. The Morgan fingerprint density at radius 1 is 0.632 bits per heavy atom. The van der Waals surface area contributed by atoms with Gasteiger partial charge in [-0.2, -0.15) is 0 Å². The molecule has 6 nitrogen and oxygen atoms in total. The van der Waals surface area contributed by atoms with Crippen molar-refractivity contribution >= 4 is 23.3 Å². The number of fused-ring (bicyclic) bond motifs is 4. The fourth-order valence-electron chi connectivity index (χ4n) is 4.36. The van der Waals surface area contributed by atoms with Gasteiger partial charge < -0.3 is 18.9 Å². The summed E-state index contributed by atoms with van der Waals surface area (Å²) < 4.78 is 21.7. The van der Waals surface area contributed by atoms with Crippen molar-refractivity contribution in [2.45, 2.75) is 18.1 Å². The highest BCUT2D eigenvalue weighted by Gasteiger charge is 2.24. The number of para-hydroxylation sites is 1. The first-order valence-electron chi connectivity index (χ1n) is 12.0. The van der Waals surface area contributed by atoms with E-state index < -0.39 is 0 Å². The molecule has 0 N–H and O–H groups in total. The molecule has 7 heteroatoms. The molecule has 0 aliphatic carbocycles. The average molecular weight is 527 g/mol. The van der Waals surface area contributed by atoms with Crippen LogP contribution in [0.5, 0.6) is 23.0 Å². The van der Waals surface area contributed by atoms with E-state index in [1.165, 1.54) is 0 Å². The fraction of sp³-hybridized carbons (Fsp3) is 0.161. The number of benzene rings is 4. The van der Waals surface area contributed by atoms with E-state index >= 15 is 0 Å². The van der Waals surface area contributed by atoms with Gasteiger partial charge in [-0.3, -0.25) is 9.59 Å². The van der Waals surface area contributed by atoms with Crippen LogP contribution >= 0.6 is 11.8 Å². The number of thioether (sulfide) groups is 1. The van der Waals surface area contributed by atoms with Gasteiger partial charge in [0.05, 0.1) is 25.3 Å². The molecule has 0 saturated carbocycles. The van der Waals surface area contributed by atoms with Crippen LogP contribution in [0.2, 0.25) is 0 Å². The van der Waals surface area contributed by atoms with Crippen molar-refractivity contribution in [3.63, 3.8) is 0 Å². The predicted octanol–water partition coefficient (Wildman–Crippen LogP) is 6.36. The second-order valence-electron chi connectivity index (χ2n) is 8.64. The predicted molar refractivity (Wildman–Crippen MR) is 146 cm³/mol. The third kappa shape index (κ3) is 4.97. The Labute approximate surface area is 225 Å². The third-order valence-corrected chi connectivity index (χ3v) is 7.18. The summed E-state index contributed by atoms with van der Waals surface area (Å²) >= 11 is 1.64. The van der Waals surface area contributed by atoms with Gasteiger partial charge in [-0.1, -0.05) is 24.3 Å². The quantitative estimate of drug-likeness (QED) is 0.288. The van der Waals surface area contributed by atoms with Crippen molar-refractivity contribution in [3.05, 3.63) is 112 Å². The minimum absolute atomic E-state index is 0.0500. The summed E-state index contributed by atoms with van der Waals surface area (Å²) in [5, 5.41) is 0. The second kappa shape index (κ2) is 11.0. The average Bonchev–Trinajstić information content (AvgIpc) is 3.20. The maximum atomic E-state index is 12.7. The highest BCUT2D eigenvalue weighted by Crippen LogP contribution is 2.33. The van der Waals surface area contributed by atoms with Crippen LogP contribution < -0.4 is 18.9 Å². The molecule has 0 saturated heterocycles. The first-order valence-corrected chi connectivity index (χ1v) is 13.2. The van der Waals surface area contributed by atoms with Gasteiger partial charge in [0.2, 0.25) is 0 Å². The molecule has 0 unspecified atom stereocenters. The lowest BCUT2D eigenvalue weighted by atomic mass is 9.98. The van der Waals surface area contributed by atoms with Crippen LogP contribution in [0, 0.1) is 0 Å². The van der Waals surface area contributed by atoms with Crippen LogP contribution in [0.4, 0.5) is 0 Å². The van der Waals surface area contributed by atoms with Crippen LogP contribution in [0.3, 0.4) is 0 Å². The van der Waals surface area contributed by atoms with Crippen molar-refractivity contribution in [2.75, 3.05) is 20.5 Å². The monoisotopic (exact) mass is 526 g/mol. The summed E-state index contributed by atoms with van der Waals surface area (Å²) in [5.41, 5.74) is 4.33. The summed E-state index contributed by atoms with van der Waals surface area (Å²) in [6.07, 6.45) is 2.01. The molecular weight excluding hydrogens is 500 g/mol. The van der Waals surface area contributed by atoms with Crippen LogP contribution in [-0.4, -0.2) is 32.0 Å². The first-order chi connectivity index (χ1) is 18.5. The van der Waals surface area contributed by atoms with Gasteiger partial charge in [0.1, 0.15) is 36.2 Å². The summed E-state index contributed by atoms with van der Waals surface area (Å²) in [6, 6.07) is 24.0. The van der Waals surface area contributed by atoms with Gasteiger partial charge in [-0.15, -0.1) is 11.8 Å². The van der Waals surface area contributed by atoms with E-state index in [0.717, 1.165) is 21.6 Å². The molecule has 0 atom stereocenters. The zero-order chi connectivity index (χ0) is 26.6. The maximum absolute atomic E-state index is 12.7. The van der Waals surface area contributed by atoms with Crippen molar-refractivity contribution in [1.29, 1.82) is 0 Å². The van der Waals surface area contributed by atoms with Gasteiger partial charge in [0.15, 0.2) is 11.6 Å². The molecule has 2 aliphatic heterocycles. The summed E-state index contributed by atoms with van der Waals surface area (Å²) in [4.78, 5) is 26.3. The Kier molecular flexibility index (Phi) is 7.38. The standard InChI is InChI=1S/C16H14O4.C15H12O2S/c1-18-11-4-3-10-9-20-15-6-5-12(19-2)8-14(15)16(17)13(10)7-11;1-18-11-7-6-10-9-17-14-5-3-2-4-12(14)15(16)13(10)8-11/h3-8H,9H2,1-2H3;2-8H,9H2,1H3. The van der Waals surface area contributed by atoms with Crippen LogP contribution in [0.1, 0.15) is 43.0 Å². The lowest BCUT2D eigenvalue weighted by Gasteiger charge is -2.07. The van der Waals surface area contributed by atoms with Gasteiger partial charge in [0.25, 0.3) is 0 Å². The van der Waals surface area contributed by atoms with E-state index in [1.54, 1.807) is 50.2 Å². The van der Waals surface area contributed by atoms with Crippen molar-refractivity contribution in [2.24, 2.45) is 0 Å². The highest BCUT2D eigenvalue weighted by atomic mass is 32.2. The molecular formula is C31H26O6S. The molecule has 0 fully saturated rings. The molecule has 6 rings (SSSR count). The van der Waals surface area contributed by atoms with E-state index in [4.69, 9.17) is 18.9 Å². The summed E-state index contributed by atoms with van der Waals surface area (Å²) in [5.74, 6) is 2.50. The topological polar surface area (TPSA) is 71.1 Å². The zero-order valence-corrected chi connectivity index (χ0v) is 22.1. The lowest BCUT2D eigenvalue weighted by molar-refractivity contribution is 0.103. The maximum Gasteiger partial charge on any atom is 0.197 e. The molecule has 0 radical (unpaired) electrons. The molecule has 4 aromatic carbocycles. The largest absolute Gasteiger partial charge is 0.497 e. The molecule has 0 bridgehead atoms. The van der Waals surface area contributed by atoms with Crippen molar-refractivity contribution in [1.82, 2.24) is 0 Å². The number of hydrogen-bond donors (Lipinski definition) is 0. The summed E-state index contributed by atoms with van der Waals surface area (Å²) in [6.45, 7) is 0.817. The van der Waals surface area contributed by atoms with E-state index in [0.29, 0.717) is 52.9 Å². The van der Waals surface area contributed by atoms with E-state index in [-0.39, 0.29) is 11.6 Å². The van der Waals surface area contributed by atoms with Gasteiger partial charge in [0, 0.05) is 27.1 Å². The van der Waals surface area contributed by atoms with Crippen LogP contribution in [-0.2, 0) is 13.2 Å². The molecule has 192 valence electrons. The van der Waals surface area contributed by atoms with Crippen molar-refractivity contribution in [3.8, 4) is 23.0 Å². The number of ether oxygens (including phenoxy) is 4. The molecule has 0 amide bonds. The smallest absolute Gasteiger partial charge is 0.197 e. The molecule has 2 heterocycles. The number of carbonyl (C=O) groups excluding carboxylic acids is 2. The van der Waals surface area contributed by atoms with E-state index in [1.807, 2.05) is 60.9 Å². The van der Waals surface area contributed by atoms with Crippen molar-refractivity contribution < 1.29 is 28.5 Å². The highest BCUT2D eigenvalue weighted by molar-refractivity contribution is 7.98. The van der Waals surface area contributed by atoms with E-state index in [2.05, 4.69) is 0 Å². The molecule has 0 aromatic heterocycles. The van der Waals surface area contributed by atoms with Gasteiger partial charge >= 0.3 is 0 Å². The lowest BCUT2D eigenvalue weighted by Crippen LogP contribution is -2.03. The minimum atomic E-state index is -0.0784. The first kappa shape index (κ1) is 25.4. The SMILES string of the molecule is COc1ccc2c(c1)C(=O)c1cc(OC)ccc1OC2.CSc1ccc2c(c1)C(=O)c1ccccc1OC2. The summed E-state index contributed by atoms with van der Waals surface area (Å²) in [7, 11) is 3.15. The van der Waals surface area contributed by atoms with E-state index in [9.17, 15) is 9.59 Å². The van der Waals surface area contributed by atoms with Crippen LogP contribution in [0.25, 0.3) is 0 Å². The Bertz CT molecular complexity index is 1470. The third-order valence-electron chi connectivity index (χ3n) is 6.45. The van der Waals surface area contributed by atoms with Gasteiger partial charge in [-0.25, -0.2) is 0 Å². The minimum Gasteiger partial charge on any atom is -0.497 e. The molecule has 4 aromatic rings. The molecule has 38 heavy (non-hydrogen) atoms. The number of rotatable bonds is 3. The van der Waals surface area contributed by atoms with Crippen LogP contribution in [0.15, 0.2) is 83.8 Å². The van der Waals surface area contributed by atoms with Gasteiger partial charge in [-0.05, 0) is 60.9 Å². The number of methoxy groups -OCH3 is 2. The number of carbonyl (C=O) groups is 2. The Morgan fingerprint density at radius 2 is 1.18 bits per heavy atom. The Morgan fingerprint density at radius 3 is 1.87 bits per heavy atom. The normalized spacial score (nSPS) is 13.0. The Hall–Kier alpha value is -4.23. The number of ketones is 2. The molecule has 2 aliphatic rings. The Balaban J connectivity index is 0.000000156. The second-order valence-corrected chi connectivity index (χ2v) is 9.52. The fourth-order valence-corrected chi connectivity index (χ4v) is 4.80. The molecule has 0 spiro atoms. The zero-order valence-electron chi connectivity index (χ0n) is 21.3.